The van der Waals surface area contributed by atoms with Crippen molar-refractivity contribution in [2.45, 2.75) is 25.8 Å². The molecule has 2 atom stereocenters. The number of piperidine rings is 1. The predicted octanol–water partition coefficient (Wildman–Crippen LogP) is 1.49. The van der Waals surface area contributed by atoms with Crippen LogP contribution in [0.3, 0.4) is 0 Å². The van der Waals surface area contributed by atoms with Crippen LogP contribution >= 0.6 is 0 Å². The Morgan fingerprint density at radius 2 is 1.92 bits per heavy atom. The summed E-state index contributed by atoms with van der Waals surface area (Å²) in [5, 5.41) is 6.32. The molecule has 6 heteroatoms. The monoisotopic (exact) mass is 331 g/mol. The van der Waals surface area contributed by atoms with E-state index in [1.54, 1.807) is 29.2 Å². The molecule has 0 radical (unpaired) electrons. The molecule has 130 valence electrons. The smallest absolute Gasteiger partial charge is 0.254 e. The number of nitrogens with zero attached hydrogens (tertiary/aromatic N) is 1. The van der Waals surface area contributed by atoms with Gasteiger partial charge in [0.05, 0.1) is 13.2 Å². The lowest BCUT2D eigenvalue weighted by Gasteiger charge is -2.27. The molecule has 0 aliphatic carbocycles. The Bertz CT molecular complexity index is 582. The quantitative estimate of drug-likeness (QED) is 0.880. The summed E-state index contributed by atoms with van der Waals surface area (Å²) in [5.41, 5.74) is 1.38. The van der Waals surface area contributed by atoms with Gasteiger partial charge in [-0.05, 0) is 50.6 Å². The lowest BCUT2D eigenvalue weighted by molar-refractivity contribution is -0.120. The molecule has 2 heterocycles. The van der Waals surface area contributed by atoms with Crippen molar-refractivity contribution in [2.24, 2.45) is 5.92 Å². The van der Waals surface area contributed by atoms with Crippen LogP contribution in [0.2, 0.25) is 0 Å². The zero-order valence-corrected chi connectivity index (χ0v) is 14.1. The van der Waals surface area contributed by atoms with E-state index in [1.165, 1.54) is 0 Å². The molecular formula is C18H25N3O3. The number of rotatable bonds is 3. The number of benzene rings is 1. The fraction of sp³-hybridized carbons (Fsp3) is 0.556. The van der Waals surface area contributed by atoms with E-state index in [0.29, 0.717) is 37.9 Å². The maximum absolute atomic E-state index is 12.4. The van der Waals surface area contributed by atoms with Gasteiger partial charge in [-0.1, -0.05) is 0 Å². The van der Waals surface area contributed by atoms with Crippen molar-refractivity contribution >= 4 is 17.5 Å². The summed E-state index contributed by atoms with van der Waals surface area (Å²) in [6.07, 6.45) is 1.73. The van der Waals surface area contributed by atoms with Crippen LogP contribution in [-0.4, -0.2) is 55.6 Å². The molecule has 2 amide bonds. The van der Waals surface area contributed by atoms with Crippen molar-refractivity contribution in [3.63, 3.8) is 0 Å². The number of hydrogen-bond donors (Lipinski definition) is 2. The van der Waals surface area contributed by atoms with E-state index in [-0.39, 0.29) is 17.7 Å². The third-order valence-electron chi connectivity index (χ3n) is 4.69. The third-order valence-corrected chi connectivity index (χ3v) is 4.69. The first-order chi connectivity index (χ1) is 11.6. The van der Waals surface area contributed by atoms with Gasteiger partial charge in [0.2, 0.25) is 5.91 Å². The zero-order valence-electron chi connectivity index (χ0n) is 14.1. The molecule has 2 N–H and O–H groups in total. The van der Waals surface area contributed by atoms with Gasteiger partial charge in [0, 0.05) is 36.3 Å². The minimum atomic E-state index is 0.0170. The third kappa shape index (κ3) is 4.13. The van der Waals surface area contributed by atoms with Crippen molar-refractivity contribution in [1.29, 1.82) is 0 Å². The number of hydrogen-bond acceptors (Lipinski definition) is 4. The first-order valence-corrected chi connectivity index (χ1v) is 8.65. The average molecular weight is 331 g/mol. The summed E-state index contributed by atoms with van der Waals surface area (Å²) in [7, 11) is 0. The number of carbonyl (C=O) groups is 2. The van der Waals surface area contributed by atoms with Crippen molar-refractivity contribution in [3.05, 3.63) is 29.8 Å². The van der Waals surface area contributed by atoms with Gasteiger partial charge in [0.25, 0.3) is 5.91 Å². The standard InChI is InChI=1S/C18H25N3O3/c1-13-12-15(6-7-19-13)17(22)20-16-4-2-14(3-5-16)18(23)21-8-10-24-11-9-21/h2-5,13,15,19H,6-12H2,1H3,(H,20,22)/t13-,15-/m0/s1. The topological polar surface area (TPSA) is 70.7 Å². The minimum absolute atomic E-state index is 0.0170. The van der Waals surface area contributed by atoms with Crippen LogP contribution in [0.5, 0.6) is 0 Å². The van der Waals surface area contributed by atoms with Gasteiger partial charge in [-0.3, -0.25) is 9.59 Å². The molecule has 2 aliphatic rings. The van der Waals surface area contributed by atoms with Gasteiger partial charge in [0.15, 0.2) is 0 Å². The molecule has 2 saturated heterocycles. The Hall–Kier alpha value is -1.92. The maximum Gasteiger partial charge on any atom is 0.254 e. The van der Waals surface area contributed by atoms with E-state index >= 15 is 0 Å². The van der Waals surface area contributed by atoms with Crippen LogP contribution in [0, 0.1) is 5.92 Å². The van der Waals surface area contributed by atoms with E-state index in [4.69, 9.17) is 4.74 Å². The van der Waals surface area contributed by atoms with Crippen molar-refractivity contribution in [3.8, 4) is 0 Å². The second kappa shape index (κ2) is 7.77. The highest BCUT2D eigenvalue weighted by Crippen LogP contribution is 2.19. The molecule has 24 heavy (non-hydrogen) atoms. The Kier molecular flexibility index (Phi) is 5.48. The Morgan fingerprint density at radius 3 is 2.58 bits per heavy atom. The first-order valence-electron chi connectivity index (χ1n) is 8.65. The highest BCUT2D eigenvalue weighted by molar-refractivity contribution is 5.96. The molecule has 0 spiro atoms. The van der Waals surface area contributed by atoms with Gasteiger partial charge >= 0.3 is 0 Å². The van der Waals surface area contributed by atoms with Gasteiger partial charge in [-0.15, -0.1) is 0 Å². The van der Waals surface area contributed by atoms with E-state index < -0.39 is 0 Å². The van der Waals surface area contributed by atoms with Crippen molar-refractivity contribution in [1.82, 2.24) is 10.2 Å². The number of morpholine rings is 1. The predicted molar refractivity (Wildman–Crippen MR) is 92.0 cm³/mol. The van der Waals surface area contributed by atoms with E-state index in [1.807, 2.05) is 0 Å². The molecule has 2 fully saturated rings. The lowest BCUT2D eigenvalue weighted by atomic mass is 9.92. The molecule has 3 rings (SSSR count). The Balaban J connectivity index is 1.57. The van der Waals surface area contributed by atoms with Crippen LogP contribution in [-0.2, 0) is 9.53 Å². The van der Waals surface area contributed by atoms with Gasteiger partial charge in [-0.2, -0.15) is 0 Å². The fourth-order valence-corrected chi connectivity index (χ4v) is 3.26. The number of carbonyl (C=O) groups excluding carboxylic acids is 2. The Labute approximate surface area is 142 Å². The number of ether oxygens (including phenoxy) is 1. The van der Waals surface area contributed by atoms with Crippen molar-refractivity contribution in [2.75, 3.05) is 38.2 Å². The van der Waals surface area contributed by atoms with Gasteiger partial charge < -0.3 is 20.3 Å². The second-order valence-electron chi connectivity index (χ2n) is 6.55. The summed E-state index contributed by atoms with van der Waals surface area (Å²) in [6, 6.07) is 7.53. The lowest BCUT2D eigenvalue weighted by Crippen LogP contribution is -2.40. The Morgan fingerprint density at radius 1 is 1.21 bits per heavy atom. The summed E-state index contributed by atoms with van der Waals surface area (Å²) >= 11 is 0. The molecular weight excluding hydrogens is 306 g/mol. The molecule has 0 bridgehead atoms. The zero-order chi connectivity index (χ0) is 16.9. The first kappa shape index (κ1) is 16.9. The summed E-state index contributed by atoms with van der Waals surface area (Å²) in [4.78, 5) is 26.5. The summed E-state index contributed by atoms with van der Waals surface area (Å²) < 4.78 is 5.27. The number of anilines is 1. The van der Waals surface area contributed by atoms with Gasteiger partial charge in [0.1, 0.15) is 0 Å². The van der Waals surface area contributed by atoms with Crippen LogP contribution in [0.15, 0.2) is 24.3 Å². The minimum Gasteiger partial charge on any atom is -0.378 e. The summed E-state index contributed by atoms with van der Waals surface area (Å²) in [5.74, 6) is 0.134. The van der Waals surface area contributed by atoms with Crippen LogP contribution in [0.25, 0.3) is 0 Å². The van der Waals surface area contributed by atoms with E-state index in [2.05, 4.69) is 17.6 Å². The summed E-state index contributed by atoms with van der Waals surface area (Å²) in [6.45, 7) is 5.43. The van der Waals surface area contributed by atoms with Crippen LogP contribution in [0.4, 0.5) is 5.69 Å². The number of amides is 2. The highest BCUT2D eigenvalue weighted by atomic mass is 16.5. The molecule has 1 aromatic rings. The normalized spacial score (nSPS) is 24.5. The second-order valence-corrected chi connectivity index (χ2v) is 6.55. The van der Waals surface area contributed by atoms with Gasteiger partial charge in [-0.25, -0.2) is 0 Å². The molecule has 0 saturated carbocycles. The fourth-order valence-electron chi connectivity index (χ4n) is 3.26. The molecule has 6 nitrogen and oxygen atoms in total. The average Bonchev–Trinajstić information content (AvgIpc) is 2.62. The van der Waals surface area contributed by atoms with E-state index in [0.717, 1.165) is 25.1 Å². The SMILES string of the molecule is C[C@H]1C[C@@H](C(=O)Nc2ccc(C(=O)N3CCOCC3)cc2)CCN1. The van der Waals surface area contributed by atoms with Crippen LogP contribution < -0.4 is 10.6 Å². The maximum atomic E-state index is 12.4. The van der Waals surface area contributed by atoms with Crippen molar-refractivity contribution < 1.29 is 14.3 Å². The van der Waals surface area contributed by atoms with E-state index in [9.17, 15) is 9.59 Å². The largest absolute Gasteiger partial charge is 0.378 e. The molecule has 0 aromatic heterocycles. The highest BCUT2D eigenvalue weighted by Gasteiger charge is 2.25. The molecule has 2 aliphatic heterocycles. The van der Waals surface area contributed by atoms with Crippen LogP contribution in [0.1, 0.15) is 30.1 Å². The number of nitrogens with one attached hydrogen (secondary N) is 2. The molecule has 0 unspecified atom stereocenters. The molecule has 1 aromatic carbocycles.